The molecule has 0 amide bonds. The largest absolute Gasteiger partial charge is 0.508 e. The van der Waals surface area contributed by atoms with Gasteiger partial charge in [0.15, 0.2) is 11.5 Å². The van der Waals surface area contributed by atoms with Gasteiger partial charge in [0.25, 0.3) is 0 Å². The van der Waals surface area contributed by atoms with E-state index >= 15 is 0 Å². The first kappa shape index (κ1) is 13.0. The summed E-state index contributed by atoms with van der Waals surface area (Å²) < 4.78 is 5.27. The van der Waals surface area contributed by atoms with Gasteiger partial charge in [0.1, 0.15) is 5.75 Å². The van der Waals surface area contributed by atoms with E-state index in [0.29, 0.717) is 12.0 Å². The molecule has 0 bridgehead atoms. The molecule has 0 saturated carbocycles. The van der Waals surface area contributed by atoms with Crippen molar-refractivity contribution in [2.24, 2.45) is 0 Å². The van der Waals surface area contributed by atoms with Crippen LogP contribution in [0.2, 0.25) is 0 Å². The highest BCUT2D eigenvalue weighted by Gasteiger charge is 2.11. The predicted octanol–water partition coefficient (Wildman–Crippen LogP) is 1.07. The van der Waals surface area contributed by atoms with Crippen LogP contribution in [0.5, 0.6) is 17.2 Å². The monoisotopic (exact) mass is 253 g/mol. The molecule has 5 nitrogen and oxygen atoms in total. The summed E-state index contributed by atoms with van der Waals surface area (Å²) in [6.45, 7) is 4.42. The third kappa shape index (κ3) is 3.27. The molecule has 100 valence electrons. The highest BCUT2D eigenvalue weighted by atomic mass is 16.5. The molecule has 0 unspecified atom stereocenters. The van der Waals surface area contributed by atoms with Crippen LogP contribution in [0.1, 0.15) is 12.0 Å². The van der Waals surface area contributed by atoms with Crippen LogP contribution >= 0.6 is 0 Å². The summed E-state index contributed by atoms with van der Waals surface area (Å²) in [5.74, 6) is -0.439. The minimum absolute atomic E-state index is 0.0345. The number of nitrogens with zero attached hydrogens (tertiary/aromatic N) is 1. The Morgan fingerprint density at radius 1 is 1.00 bits per heavy atom. The lowest BCUT2D eigenvalue weighted by molar-refractivity contribution is 0.0374. The van der Waals surface area contributed by atoms with Gasteiger partial charge in [-0.15, -0.1) is 0 Å². The van der Waals surface area contributed by atoms with Crippen LogP contribution in [0.25, 0.3) is 0 Å². The Labute approximate surface area is 106 Å². The molecule has 1 aliphatic rings. The second-order valence-electron chi connectivity index (χ2n) is 4.53. The molecule has 0 atom stereocenters. The van der Waals surface area contributed by atoms with Gasteiger partial charge in [-0.05, 0) is 31.0 Å². The molecule has 1 heterocycles. The van der Waals surface area contributed by atoms with E-state index in [4.69, 9.17) is 4.74 Å². The number of aromatic hydroxyl groups is 3. The van der Waals surface area contributed by atoms with Crippen LogP contribution in [0.3, 0.4) is 0 Å². The molecule has 1 saturated heterocycles. The van der Waals surface area contributed by atoms with Crippen LogP contribution in [0, 0.1) is 0 Å². The zero-order valence-electron chi connectivity index (χ0n) is 10.3. The zero-order chi connectivity index (χ0) is 13.0. The first-order chi connectivity index (χ1) is 8.66. The van der Waals surface area contributed by atoms with Crippen molar-refractivity contribution >= 4 is 0 Å². The quantitative estimate of drug-likeness (QED) is 0.553. The maximum atomic E-state index is 9.65. The molecular formula is C13H19NO4. The van der Waals surface area contributed by atoms with Crippen LogP contribution in [-0.2, 0) is 11.2 Å². The van der Waals surface area contributed by atoms with Crippen molar-refractivity contribution in [1.82, 2.24) is 4.90 Å². The molecule has 3 N–H and O–H groups in total. The van der Waals surface area contributed by atoms with Gasteiger partial charge in [-0.25, -0.2) is 0 Å². The summed E-state index contributed by atoms with van der Waals surface area (Å²) in [5, 5.41) is 28.3. The first-order valence-electron chi connectivity index (χ1n) is 6.21. The summed E-state index contributed by atoms with van der Waals surface area (Å²) in [6.07, 6.45) is 1.58. The molecule has 1 aliphatic heterocycles. The molecule has 0 spiro atoms. The Bertz CT molecular complexity index is 402. The van der Waals surface area contributed by atoms with Gasteiger partial charge in [-0.3, -0.25) is 4.90 Å². The van der Waals surface area contributed by atoms with Crippen LogP contribution in [0.15, 0.2) is 12.1 Å². The number of phenols is 3. The molecule has 1 aromatic rings. The lowest BCUT2D eigenvalue weighted by atomic mass is 10.1. The van der Waals surface area contributed by atoms with Crippen molar-refractivity contribution in [3.8, 4) is 17.2 Å². The van der Waals surface area contributed by atoms with Crippen molar-refractivity contribution in [3.63, 3.8) is 0 Å². The van der Waals surface area contributed by atoms with Gasteiger partial charge in [0, 0.05) is 19.2 Å². The van der Waals surface area contributed by atoms with Crippen molar-refractivity contribution in [2.75, 3.05) is 32.8 Å². The van der Waals surface area contributed by atoms with E-state index in [0.717, 1.165) is 39.3 Å². The average molecular weight is 253 g/mol. The molecule has 0 aromatic heterocycles. The van der Waals surface area contributed by atoms with Crippen molar-refractivity contribution in [2.45, 2.75) is 12.8 Å². The van der Waals surface area contributed by atoms with E-state index in [1.165, 1.54) is 12.1 Å². The fourth-order valence-electron chi connectivity index (χ4n) is 2.13. The minimum Gasteiger partial charge on any atom is -0.508 e. The standard InChI is InChI=1S/C13H19NO4/c15-11-9-13(17)12(16)8-10(11)2-1-3-14-4-6-18-7-5-14/h8-9,15-17H,1-7H2. The lowest BCUT2D eigenvalue weighted by Gasteiger charge is -2.26. The highest BCUT2D eigenvalue weighted by molar-refractivity contribution is 5.48. The summed E-state index contributed by atoms with van der Waals surface area (Å²) in [4.78, 5) is 2.32. The summed E-state index contributed by atoms with van der Waals surface area (Å²) in [5.41, 5.74) is 0.665. The SMILES string of the molecule is Oc1cc(O)c(CCCN2CCOCC2)cc1O. The third-order valence-electron chi connectivity index (χ3n) is 3.20. The number of hydrogen-bond acceptors (Lipinski definition) is 5. The van der Waals surface area contributed by atoms with E-state index < -0.39 is 0 Å². The number of benzene rings is 1. The van der Waals surface area contributed by atoms with E-state index in [1.807, 2.05) is 0 Å². The summed E-state index contributed by atoms with van der Waals surface area (Å²) in [6, 6.07) is 2.60. The zero-order valence-corrected chi connectivity index (χ0v) is 10.3. The number of hydrogen-bond donors (Lipinski definition) is 3. The van der Waals surface area contributed by atoms with Gasteiger partial charge in [0.05, 0.1) is 13.2 Å². The van der Waals surface area contributed by atoms with Crippen molar-refractivity contribution < 1.29 is 20.1 Å². The molecule has 0 radical (unpaired) electrons. The summed E-state index contributed by atoms with van der Waals surface area (Å²) >= 11 is 0. The first-order valence-corrected chi connectivity index (χ1v) is 6.21. The van der Waals surface area contributed by atoms with Crippen LogP contribution in [-0.4, -0.2) is 53.1 Å². The molecule has 1 fully saturated rings. The Morgan fingerprint density at radius 3 is 2.39 bits per heavy atom. The molecule has 5 heteroatoms. The second kappa shape index (κ2) is 5.93. The predicted molar refractivity (Wildman–Crippen MR) is 67.0 cm³/mol. The second-order valence-corrected chi connectivity index (χ2v) is 4.53. The molecule has 2 rings (SSSR count). The normalized spacial score (nSPS) is 16.9. The number of ether oxygens (including phenoxy) is 1. The van der Waals surface area contributed by atoms with Crippen molar-refractivity contribution in [3.05, 3.63) is 17.7 Å². The maximum Gasteiger partial charge on any atom is 0.161 e. The molecule has 0 aliphatic carbocycles. The Hall–Kier alpha value is -1.46. The van der Waals surface area contributed by atoms with Crippen LogP contribution < -0.4 is 0 Å². The topological polar surface area (TPSA) is 73.2 Å². The molecule has 18 heavy (non-hydrogen) atoms. The Kier molecular flexibility index (Phi) is 4.28. The van der Waals surface area contributed by atoms with Gasteiger partial charge in [-0.1, -0.05) is 0 Å². The van der Waals surface area contributed by atoms with Gasteiger partial charge >= 0.3 is 0 Å². The summed E-state index contributed by atoms with van der Waals surface area (Å²) in [7, 11) is 0. The highest BCUT2D eigenvalue weighted by Crippen LogP contribution is 2.32. The Morgan fingerprint density at radius 2 is 1.67 bits per heavy atom. The van der Waals surface area contributed by atoms with E-state index in [1.54, 1.807) is 0 Å². The minimum atomic E-state index is -0.288. The van der Waals surface area contributed by atoms with E-state index in [-0.39, 0.29) is 17.2 Å². The lowest BCUT2D eigenvalue weighted by Crippen LogP contribution is -2.36. The van der Waals surface area contributed by atoms with Gasteiger partial charge in [0.2, 0.25) is 0 Å². The van der Waals surface area contributed by atoms with Gasteiger partial charge in [-0.2, -0.15) is 0 Å². The fraction of sp³-hybridized carbons (Fsp3) is 0.538. The average Bonchev–Trinajstić information content (AvgIpc) is 2.37. The van der Waals surface area contributed by atoms with Crippen LogP contribution in [0.4, 0.5) is 0 Å². The number of rotatable bonds is 4. The smallest absolute Gasteiger partial charge is 0.161 e. The Balaban J connectivity index is 1.84. The van der Waals surface area contributed by atoms with E-state index in [9.17, 15) is 15.3 Å². The van der Waals surface area contributed by atoms with E-state index in [2.05, 4.69) is 4.90 Å². The molecule has 1 aromatic carbocycles. The third-order valence-corrected chi connectivity index (χ3v) is 3.20. The fourth-order valence-corrected chi connectivity index (χ4v) is 2.13. The molecular weight excluding hydrogens is 234 g/mol. The number of aryl methyl sites for hydroxylation is 1. The van der Waals surface area contributed by atoms with Gasteiger partial charge < -0.3 is 20.1 Å². The maximum absolute atomic E-state index is 9.65. The number of phenolic OH excluding ortho intramolecular Hbond substituents is 3. The number of morpholine rings is 1. The van der Waals surface area contributed by atoms with Crippen molar-refractivity contribution in [1.29, 1.82) is 0 Å².